The highest BCUT2D eigenvalue weighted by molar-refractivity contribution is 6.24. The van der Waals surface area contributed by atoms with Crippen molar-refractivity contribution >= 4 is 23.4 Å². The average Bonchev–Trinajstić information content (AvgIpc) is 2.95. The Kier molecular flexibility index (Phi) is 3.82. The fourth-order valence-corrected chi connectivity index (χ4v) is 3.15. The summed E-state index contributed by atoms with van der Waals surface area (Å²) in [5, 5.41) is 0. The van der Waals surface area contributed by atoms with Gasteiger partial charge in [-0.25, -0.2) is 0 Å². The van der Waals surface area contributed by atoms with E-state index in [0.717, 1.165) is 22.5 Å². The average molecular weight is 327 g/mol. The molecule has 1 heterocycles. The van der Waals surface area contributed by atoms with Crippen LogP contribution in [-0.4, -0.2) is 13.0 Å². The van der Waals surface area contributed by atoms with E-state index in [0.29, 0.717) is 11.3 Å². The summed E-state index contributed by atoms with van der Waals surface area (Å²) in [6.45, 7) is 0. The van der Waals surface area contributed by atoms with E-state index in [1.807, 2.05) is 84.9 Å². The number of para-hydroxylation sites is 2. The summed E-state index contributed by atoms with van der Waals surface area (Å²) in [5.74, 6) is 0.630. The van der Waals surface area contributed by atoms with Gasteiger partial charge in [0.15, 0.2) is 0 Å². The largest absolute Gasteiger partial charge is 0.495 e. The van der Waals surface area contributed by atoms with Crippen LogP contribution in [0.5, 0.6) is 5.75 Å². The summed E-state index contributed by atoms with van der Waals surface area (Å²) in [6.07, 6.45) is 2.04. The van der Waals surface area contributed by atoms with E-state index < -0.39 is 0 Å². The normalized spacial score (nSPS) is 14.7. The van der Waals surface area contributed by atoms with Gasteiger partial charge in [-0.15, -0.1) is 0 Å². The monoisotopic (exact) mass is 327 g/mol. The van der Waals surface area contributed by atoms with Gasteiger partial charge in [0.25, 0.3) is 5.91 Å². The number of fused-ring (bicyclic) bond motifs is 1. The highest BCUT2D eigenvalue weighted by Gasteiger charge is 2.34. The molecule has 0 fully saturated rings. The quantitative estimate of drug-likeness (QED) is 0.688. The molecule has 1 amide bonds. The van der Waals surface area contributed by atoms with Gasteiger partial charge in [0.2, 0.25) is 0 Å². The summed E-state index contributed by atoms with van der Waals surface area (Å²) in [7, 11) is 1.62. The number of hydrogen-bond donors (Lipinski definition) is 0. The molecule has 1 aliphatic rings. The van der Waals surface area contributed by atoms with Crippen LogP contribution in [0.15, 0.2) is 78.9 Å². The zero-order valence-corrected chi connectivity index (χ0v) is 13.8. The molecule has 0 radical (unpaired) electrons. The van der Waals surface area contributed by atoms with Gasteiger partial charge in [-0.2, -0.15) is 0 Å². The number of hydrogen-bond acceptors (Lipinski definition) is 2. The molecule has 122 valence electrons. The van der Waals surface area contributed by atoms with E-state index in [9.17, 15) is 4.79 Å². The van der Waals surface area contributed by atoms with Crippen molar-refractivity contribution in [2.24, 2.45) is 0 Å². The summed E-state index contributed by atoms with van der Waals surface area (Å²) in [4.78, 5) is 14.8. The first-order chi connectivity index (χ1) is 12.3. The van der Waals surface area contributed by atoms with Gasteiger partial charge < -0.3 is 4.74 Å². The van der Waals surface area contributed by atoms with Crippen LogP contribution in [0.2, 0.25) is 0 Å². The van der Waals surface area contributed by atoms with Crippen molar-refractivity contribution in [1.29, 1.82) is 0 Å². The summed E-state index contributed by atoms with van der Waals surface area (Å²) in [5.41, 5.74) is 4.28. The Morgan fingerprint density at radius 1 is 0.800 bits per heavy atom. The molecule has 0 unspecified atom stereocenters. The second-order valence-electron chi connectivity index (χ2n) is 5.80. The fraction of sp³-hybridized carbons (Fsp3) is 0.0455. The number of rotatable bonds is 3. The molecule has 3 nitrogen and oxygen atoms in total. The van der Waals surface area contributed by atoms with Crippen molar-refractivity contribution in [2.45, 2.75) is 0 Å². The first-order valence-corrected chi connectivity index (χ1v) is 8.13. The van der Waals surface area contributed by atoms with E-state index in [4.69, 9.17) is 4.74 Å². The Bertz CT molecular complexity index is 961. The number of methoxy groups -OCH3 is 1. The lowest BCUT2D eigenvalue weighted by atomic mass is 10.1. The zero-order valence-electron chi connectivity index (χ0n) is 13.8. The summed E-state index contributed by atoms with van der Waals surface area (Å²) in [6, 6.07) is 25.3. The van der Waals surface area contributed by atoms with Crippen LogP contribution >= 0.6 is 0 Å². The number of carbonyl (C=O) groups excluding carboxylic acids is 1. The van der Waals surface area contributed by atoms with Crippen molar-refractivity contribution in [3.05, 3.63) is 95.6 Å². The third kappa shape index (κ3) is 2.60. The van der Waals surface area contributed by atoms with Gasteiger partial charge in [-0.1, -0.05) is 60.7 Å². The Hall–Kier alpha value is -3.33. The predicted molar refractivity (Wildman–Crippen MR) is 101 cm³/mol. The molecule has 25 heavy (non-hydrogen) atoms. The predicted octanol–water partition coefficient (Wildman–Crippen LogP) is 4.85. The molecule has 0 atom stereocenters. The molecular weight excluding hydrogens is 310 g/mol. The fourth-order valence-electron chi connectivity index (χ4n) is 3.15. The van der Waals surface area contributed by atoms with Crippen molar-refractivity contribution in [3.8, 4) is 5.75 Å². The Morgan fingerprint density at radius 2 is 1.44 bits per heavy atom. The zero-order chi connectivity index (χ0) is 17.2. The Labute approximate surface area is 146 Å². The maximum absolute atomic E-state index is 13.1. The van der Waals surface area contributed by atoms with Crippen LogP contribution < -0.4 is 9.64 Å². The minimum absolute atomic E-state index is 0.0396. The van der Waals surface area contributed by atoms with Gasteiger partial charge >= 0.3 is 0 Å². The van der Waals surface area contributed by atoms with Gasteiger partial charge in [0.1, 0.15) is 5.75 Å². The lowest BCUT2D eigenvalue weighted by Gasteiger charge is -2.21. The van der Waals surface area contributed by atoms with Crippen molar-refractivity contribution < 1.29 is 9.53 Å². The van der Waals surface area contributed by atoms with Crippen LogP contribution in [-0.2, 0) is 0 Å². The lowest BCUT2D eigenvalue weighted by Crippen LogP contribution is -2.22. The third-order valence-corrected chi connectivity index (χ3v) is 4.31. The highest BCUT2D eigenvalue weighted by atomic mass is 16.5. The SMILES string of the molecule is COc1ccccc1N1C(=O)c2ccccc2C1=Cc1ccccc1. The molecule has 0 spiro atoms. The molecule has 3 aromatic carbocycles. The van der Waals surface area contributed by atoms with E-state index in [1.165, 1.54) is 0 Å². The molecule has 3 heteroatoms. The van der Waals surface area contributed by atoms with Gasteiger partial charge in [0, 0.05) is 11.1 Å². The Morgan fingerprint density at radius 3 is 2.20 bits per heavy atom. The van der Waals surface area contributed by atoms with Crippen LogP contribution in [0, 0.1) is 0 Å². The topological polar surface area (TPSA) is 29.5 Å². The maximum Gasteiger partial charge on any atom is 0.263 e. The smallest absolute Gasteiger partial charge is 0.263 e. The molecule has 0 saturated carbocycles. The number of carbonyl (C=O) groups is 1. The summed E-state index contributed by atoms with van der Waals surface area (Å²) >= 11 is 0. The number of anilines is 1. The number of ether oxygens (including phenoxy) is 1. The van der Waals surface area contributed by atoms with Crippen LogP contribution in [0.1, 0.15) is 21.5 Å². The highest BCUT2D eigenvalue weighted by Crippen LogP contribution is 2.41. The molecule has 0 N–H and O–H groups in total. The summed E-state index contributed by atoms with van der Waals surface area (Å²) < 4.78 is 5.48. The standard InChI is InChI=1S/C22H17NO2/c1-25-21-14-8-7-13-19(21)23-20(15-16-9-3-2-4-10-16)17-11-5-6-12-18(17)22(23)24/h2-15H,1H3. The molecule has 1 aliphatic heterocycles. The van der Waals surface area contributed by atoms with Gasteiger partial charge in [-0.3, -0.25) is 9.69 Å². The van der Waals surface area contributed by atoms with E-state index in [1.54, 1.807) is 12.0 Å². The number of benzene rings is 3. The van der Waals surface area contributed by atoms with Gasteiger partial charge in [0.05, 0.1) is 18.5 Å². The minimum atomic E-state index is -0.0396. The number of nitrogens with zero attached hydrogens (tertiary/aromatic N) is 1. The van der Waals surface area contributed by atoms with E-state index in [-0.39, 0.29) is 5.91 Å². The second kappa shape index (κ2) is 6.29. The molecule has 4 rings (SSSR count). The van der Waals surface area contributed by atoms with E-state index >= 15 is 0 Å². The van der Waals surface area contributed by atoms with E-state index in [2.05, 4.69) is 0 Å². The number of amides is 1. The molecular formula is C22H17NO2. The molecule has 0 bridgehead atoms. The molecule has 0 aliphatic carbocycles. The van der Waals surface area contributed by atoms with Gasteiger partial charge in [-0.05, 0) is 29.8 Å². The van der Waals surface area contributed by atoms with Crippen LogP contribution in [0.4, 0.5) is 5.69 Å². The third-order valence-electron chi connectivity index (χ3n) is 4.31. The molecule has 3 aromatic rings. The Balaban J connectivity index is 1.93. The minimum Gasteiger partial charge on any atom is -0.495 e. The second-order valence-corrected chi connectivity index (χ2v) is 5.80. The first-order valence-electron chi connectivity index (χ1n) is 8.13. The molecule has 0 aromatic heterocycles. The van der Waals surface area contributed by atoms with Crippen LogP contribution in [0.3, 0.4) is 0 Å². The first kappa shape index (κ1) is 15.2. The van der Waals surface area contributed by atoms with Crippen molar-refractivity contribution in [3.63, 3.8) is 0 Å². The van der Waals surface area contributed by atoms with Crippen LogP contribution in [0.25, 0.3) is 11.8 Å². The van der Waals surface area contributed by atoms with Crippen molar-refractivity contribution in [1.82, 2.24) is 0 Å². The maximum atomic E-state index is 13.1. The molecule has 0 saturated heterocycles. The van der Waals surface area contributed by atoms with Crippen molar-refractivity contribution in [2.75, 3.05) is 12.0 Å². The lowest BCUT2D eigenvalue weighted by molar-refractivity contribution is 0.101.